The van der Waals surface area contributed by atoms with Crippen molar-refractivity contribution in [1.82, 2.24) is 0 Å². The molecule has 12 heavy (non-hydrogen) atoms. The monoisotopic (exact) mass is 192 g/mol. The highest BCUT2D eigenvalue weighted by atomic mass is 32.2. The quantitative estimate of drug-likeness (QED) is 0.711. The third kappa shape index (κ3) is 2.20. The van der Waals surface area contributed by atoms with Crippen LogP contribution in [-0.2, 0) is 9.84 Å². The van der Waals surface area contributed by atoms with E-state index in [0.717, 1.165) is 25.7 Å². The van der Waals surface area contributed by atoms with Crippen LogP contribution in [0.15, 0.2) is 0 Å². The fraction of sp³-hybridized carbons (Fsp3) is 1.00. The first-order valence-corrected chi connectivity index (χ1v) is 6.31. The van der Waals surface area contributed by atoms with E-state index in [9.17, 15) is 8.42 Å². The molecular weight excluding hydrogens is 176 g/mol. The number of sulfone groups is 1. The van der Waals surface area contributed by atoms with Crippen LogP contribution in [0.4, 0.5) is 0 Å². The molecule has 1 saturated carbocycles. The molecule has 0 unspecified atom stereocenters. The van der Waals surface area contributed by atoms with Gasteiger partial charge in [-0.25, -0.2) is 8.42 Å². The molecule has 1 aliphatic carbocycles. The van der Waals surface area contributed by atoms with E-state index < -0.39 is 15.1 Å². The molecule has 1 fully saturated rings. The van der Waals surface area contributed by atoms with E-state index in [2.05, 4.69) is 0 Å². The lowest BCUT2D eigenvalue weighted by Gasteiger charge is -2.18. The lowest BCUT2D eigenvalue weighted by atomic mass is 10.0. The van der Waals surface area contributed by atoms with Crippen molar-refractivity contribution in [2.75, 3.05) is 12.9 Å². The van der Waals surface area contributed by atoms with Gasteiger partial charge in [0.1, 0.15) is 0 Å². The summed E-state index contributed by atoms with van der Waals surface area (Å²) >= 11 is 0. The Hall–Kier alpha value is -0.0900. The summed E-state index contributed by atoms with van der Waals surface area (Å²) < 4.78 is 22.4. The van der Waals surface area contributed by atoms with Crippen LogP contribution >= 0.6 is 0 Å². The van der Waals surface area contributed by atoms with Gasteiger partial charge in [-0.2, -0.15) is 0 Å². The Kier molecular flexibility index (Phi) is 3.12. The number of rotatable bonds is 3. The molecule has 0 aromatic heterocycles. The molecule has 1 atom stereocenters. The van der Waals surface area contributed by atoms with Gasteiger partial charge >= 0.3 is 0 Å². The van der Waals surface area contributed by atoms with E-state index in [4.69, 9.17) is 5.11 Å². The van der Waals surface area contributed by atoms with Gasteiger partial charge in [0.25, 0.3) is 0 Å². The average molecular weight is 192 g/mol. The summed E-state index contributed by atoms with van der Waals surface area (Å²) in [5.41, 5.74) is 0. The third-order valence-corrected chi connectivity index (χ3v) is 4.29. The van der Waals surface area contributed by atoms with Gasteiger partial charge < -0.3 is 5.11 Å². The maximum atomic E-state index is 11.2. The summed E-state index contributed by atoms with van der Waals surface area (Å²) in [4.78, 5) is 0. The molecule has 0 heterocycles. The molecule has 0 aliphatic heterocycles. The van der Waals surface area contributed by atoms with Crippen LogP contribution in [-0.4, -0.2) is 31.6 Å². The van der Waals surface area contributed by atoms with Gasteiger partial charge in [-0.15, -0.1) is 0 Å². The first-order chi connectivity index (χ1) is 5.55. The van der Waals surface area contributed by atoms with Gasteiger partial charge in [0.05, 0.1) is 11.9 Å². The lowest BCUT2D eigenvalue weighted by Crippen LogP contribution is -2.31. The van der Waals surface area contributed by atoms with Crippen molar-refractivity contribution in [2.45, 2.75) is 30.9 Å². The molecule has 72 valence electrons. The molecule has 1 N–H and O–H groups in total. The number of hydrogen-bond acceptors (Lipinski definition) is 3. The topological polar surface area (TPSA) is 54.4 Å². The fourth-order valence-electron chi connectivity index (χ4n) is 1.96. The van der Waals surface area contributed by atoms with Crippen LogP contribution in [0.25, 0.3) is 0 Å². The zero-order valence-electron chi connectivity index (χ0n) is 7.36. The van der Waals surface area contributed by atoms with Crippen molar-refractivity contribution in [3.63, 3.8) is 0 Å². The Balaban J connectivity index is 2.68. The summed E-state index contributed by atoms with van der Waals surface area (Å²) in [5.74, 6) is 0.199. The Labute approximate surface area is 73.7 Å². The van der Waals surface area contributed by atoms with Gasteiger partial charge in [-0.3, -0.25) is 0 Å². The molecule has 3 nitrogen and oxygen atoms in total. The maximum absolute atomic E-state index is 11.2. The van der Waals surface area contributed by atoms with Crippen LogP contribution in [0, 0.1) is 5.92 Å². The number of aliphatic hydroxyl groups excluding tert-OH is 1. The smallest absolute Gasteiger partial charge is 0.152 e. The SMILES string of the molecule is CS(=O)(=O)[C@@H](CO)C1CCCC1. The Morgan fingerprint density at radius 3 is 2.25 bits per heavy atom. The van der Waals surface area contributed by atoms with Crippen molar-refractivity contribution >= 4 is 9.84 Å². The van der Waals surface area contributed by atoms with Crippen LogP contribution in [0.1, 0.15) is 25.7 Å². The minimum Gasteiger partial charge on any atom is -0.395 e. The highest BCUT2D eigenvalue weighted by Crippen LogP contribution is 2.30. The minimum atomic E-state index is -3.05. The van der Waals surface area contributed by atoms with E-state index >= 15 is 0 Å². The van der Waals surface area contributed by atoms with Gasteiger partial charge in [0.2, 0.25) is 0 Å². The normalized spacial score (nSPS) is 22.8. The third-order valence-electron chi connectivity index (χ3n) is 2.66. The van der Waals surface area contributed by atoms with Crippen molar-refractivity contribution in [3.05, 3.63) is 0 Å². The maximum Gasteiger partial charge on any atom is 0.152 e. The molecule has 0 bridgehead atoms. The van der Waals surface area contributed by atoms with Crippen LogP contribution in [0.5, 0.6) is 0 Å². The van der Waals surface area contributed by atoms with Gasteiger partial charge in [-0.1, -0.05) is 12.8 Å². The largest absolute Gasteiger partial charge is 0.395 e. The molecule has 0 aromatic rings. The highest BCUT2D eigenvalue weighted by Gasteiger charge is 2.31. The molecule has 0 radical (unpaired) electrons. The van der Waals surface area contributed by atoms with Crippen molar-refractivity contribution in [1.29, 1.82) is 0 Å². The second-order valence-electron chi connectivity index (χ2n) is 3.60. The van der Waals surface area contributed by atoms with E-state index in [1.165, 1.54) is 6.26 Å². The molecule has 0 aromatic carbocycles. The molecule has 1 aliphatic rings. The summed E-state index contributed by atoms with van der Waals surface area (Å²) in [7, 11) is -3.05. The fourth-order valence-corrected chi connectivity index (χ4v) is 3.21. The van der Waals surface area contributed by atoms with Crippen LogP contribution in [0.2, 0.25) is 0 Å². The van der Waals surface area contributed by atoms with Crippen molar-refractivity contribution in [2.24, 2.45) is 5.92 Å². The first-order valence-electron chi connectivity index (χ1n) is 4.35. The predicted octanol–water partition coefficient (Wildman–Crippen LogP) is 0.582. The summed E-state index contributed by atoms with van der Waals surface area (Å²) in [6, 6.07) is 0. The molecule has 0 amide bonds. The van der Waals surface area contributed by atoms with Crippen LogP contribution < -0.4 is 0 Å². The van der Waals surface area contributed by atoms with E-state index in [-0.39, 0.29) is 12.5 Å². The molecule has 0 saturated heterocycles. The van der Waals surface area contributed by atoms with Crippen LogP contribution in [0.3, 0.4) is 0 Å². The Bertz CT molecular complexity index is 227. The lowest BCUT2D eigenvalue weighted by molar-refractivity contribution is 0.260. The number of aliphatic hydroxyl groups is 1. The average Bonchev–Trinajstić information content (AvgIpc) is 2.38. The van der Waals surface area contributed by atoms with Gasteiger partial charge in [0, 0.05) is 6.26 Å². The van der Waals surface area contributed by atoms with E-state index in [0.29, 0.717) is 0 Å². The first kappa shape index (κ1) is 9.99. The van der Waals surface area contributed by atoms with Gasteiger partial charge in [0.15, 0.2) is 9.84 Å². The Morgan fingerprint density at radius 1 is 1.42 bits per heavy atom. The molecular formula is C8H16O3S. The van der Waals surface area contributed by atoms with Crippen molar-refractivity contribution < 1.29 is 13.5 Å². The van der Waals surface area contributed by atoms with Gasteiger partial charge in [-0.05, 0) is 18.8 Å². The standard InChI is InChI=1S/C8H16O3S/c1-12(10,11)8(6-9)7-4-2-3-5-7/h7-9H,2-6H2,1H3/t8-/m0/s1. The minimum absolute atomic E-state index is 0.199. The molecule has 1 rings (SSSR count). The summed E-state index contributed by atoms with van der Waals surface area (Å²) in [5, 5.41) is 8.43. The second kappa shape index (κ2) is 3.75. The predicted molar refractivity (Wildman–Crippen MR) is 47.7 cm³/mol. The zero-order chi connectivity index (χ0) is 9.19. The summed E-state index contributed by atoms with van der Waals surface area (Å²) in [6.45, 7) is -0.219. The molecule has 4 heteroatoms. The molecule has 0 spiro atoms. The summed E-state index contributed by atoms with van der Waals surface area (Å²) in [6.07, 6.45) is 5.34. The second-order valence-corrected chi connectivity index (χ2v) is 5.86. The number of hydrogen-bond donors (Lipinski definition) is 1. The Morgan fingerprint density at radius 2 is 1.92 bits per heavy atom. The zero-order valence-corrected chi connectivity index (χ0v) is 8.18. The van der Waals surface area contributed by atoms with E-state index in [1.807, 2.05) is 0 Å². The van der Waals surface area contributed by atoms with E-state index in [1.54, 1.807) is 0 Å². The highest BCUT2D eigenvalue weighted by molar-refractivity contribution is 7.91. The van der Waals surface area contributed by atoms with Crippen molar-refractivity contribution in [3.8, 4) is 0 Å².